The number of nitrogens with zero attached hydrogens (tertiary/aromatic N) is 1. The Hall–Kier alpha value is -1.69. The molecule has 1 aliphatic rings. The van der Waals surface area contributed by atoms with Gasteiger partial charge in [0.1, 0.15) is 23.3 Å². The van der Waals surface area contributed by atoms with E-state index in [0.717, 1.165) is 27.1 Å². The third-order valence-electron chi connectivity index (χ3n) is 4.42. The molecule has 0 radical (unpaired) electrons. The summed E-state index contributed by atoms with van der Waals surface area (Å²) in [7, 11) is -3.20. The molecular formula is C19H19BrNO2S+. The lowest BCUT2D eigenvalue weighted by Crippen LogP contribution is -2.34. The van der Waals surface area contributed by atoms with E-state index in [1.165, 1.54) is 6.26 Å². The quantitative estimate of drug-likeness (QED) is 0.656. The Morgan fingerprint density at radius 3 is 2.08 bits per heavy atom. The van der Waals surface area contributed by atoms with Crippen LogP contribution in [-0.2, 0) is 9.84 Å². The normalized spacial score (nSPS) is 20.2. The molecule has 2 aromatic carbocycles. The minimum Gasteiger partial charge on any atom is -0.224 e. The van der Waals surface area contributed by atoms with Gasteiger partial charge in [0, 0.05) is 48.0 Å². The molecule has 5 heteroatoms. The monoisotopic (exact) mass is 404 g/mol. The Morgan fingerprint density at radius 2 is 1.58 bits per heavy atom. The number of allylic oxidation sites excluding steroid dienone is 3. The van der Waals surface area contributed by atoms with Crippen molar-refractivity contribution in [2.45, 2.75) is 18.7 Å². The summed E-state index contributed by atoms with van der Waals surface area (Å²) in [5, 5.41) is 0. The topological polar surface area (TPSA) is 34.1 Å². The Bertz CT molecular complexity index is 959. The molecule has 24 heavy (non-hydrogen) atoms. The largest absolute Gasteiger partial charge is 0.224 e. The lowest BCUT2D eigenvalue weighted by atomic mass is 10.1. The predicted octanol–water partition coefficient (Wildman–Crippen LogP) is 5.23. The van der Waals surface area contributed by atoms with Crippen LogP contribution in [0.25, 0.3) is 0 Å². The van der Waals surface area contributed by atoms with Crippen LogP contribution in [0.4, 0.5) is 11.4 Å². The van der Waals surface area contributed by atoms with Crippen molar-refractivity contribution >= 4 is 37.1 Å². The average Bonchev–Trinajstić information content (AvgIpc) is 2.92. The van der Waals surface area contributed by atoms with Gasteiger partial charge in [-0.2, -0.15) is 0 Å². The molecule has 0 N–H and O–H groups in total. The van der Waals surface area contributed by atoms with Crippen LogP contribution in [0.5, 0.6) is 0 Å². The fourth-order valence-electron chi connectivity index (χ4n) is 3.05. The Morgan fingerprint density at radius 1 is 0.958 bits per heavy atom. The van der Waals surface area contributed by atoms with Crippen molar-refractivity contribution in [1.29, 1.82) is 0 Å². The Labute approximate surface area is 151 Å². The maximum atomic E-state index is 11.7. The molecule has 1 unspecified atom stereocenters. The van der Waals surface area contributed by atoms with Gasteiger partial charge in [-0.3, -0.25) is 0 Å². The Kier molecular flexibility index (Phi) is 4.28. The highest BCUT2D eigenvalue weighted by Crippen LogP contribution is 2.43. The van der Waals surface area contributed by atoms with Crippen molar-refractivity contribution in [3.63, 3.8) is 0 Å². The molecule has 3 nitrogen and oxygen atoms in total. The second kappa shape index (κ2) is 5.99. The number of sulfone groups is 1. The van der Waals surface area contributed by atoms with E-state index >= 15 is 0 Å². The van der Waals surface area contributed by atoms with Crippen molar-refractivity contribution in [1.82, 2.24) is 4.48 Å². The van der Waals surface area contributed by atoms with Gasteiger partial charge >= 0.3 is 0 Å². The van der Waals surface area contributed by atoms with E-state index < -0.39 is 9.84 Å². The Balaban J connectivity index is 2.20. The van der Waals surface area contributed by atoms with Gasteiger partial charge in [-0.15, -0.1) is 0 Å². The summed E-state index contributed by atoms with van der Waals surface area (Å²) in [4.78, 5) is 0.334. The van der Waals surface area contributed by atoms with E-state index in [0.29, 0.717) is 9.38 Å². The molecule has 0 fully saturated rings. The second-order valence-electron chi connectivity index (χ2n) is 6.07. The first-order chi connectivity index (χ1) is 11.2. The highest BCUT2D eigenvalue weighted by molar-refractivity contribution is 9.10. The molecule has 0 saturated heterocycles. The van der Waals surface area contributed by atoms with Crippen molar-refractivity contribution in [3.8, 4) is 0 Å². The molecule has 2 aromatic rings. The standard InChI is InChI=1S/C19H19BrNO2S/c1-14-13-17(8-11-19(14)20)21(12-4-5-15(21)2)16-6-9-18(10-7-16)24(3,22)23/h4-13H,1-3H3/q+1. The fourth-order valence-corrected chi connectivity index (χ4v) is 3.93. The van der Waals surface area contributed by atoms with Gasteiger partial charge in [0.15, 0.2) is 9.84 Å². The number of hydrogen-bond donors (Lipinski definition) is 0. The zero-order valence-corrected chi connectivity index (χ0v) is 16.2. The van der Waals surface area contributed by atoms with Gasteiger partial charge in [0.05, 0.1) is 4.90 Å². The summed E-state index contributed by atoms with van der Waals surface area (Å²) in [5.41, 5.74) is 4.44. The van der Waals surface area contributed by atoms with Crippen LogP contribution in [0.15, 0.2) is 75.9 Å². The molecule has 0 spiro atoms. The first-order valence-electron chi connectivity index (χ1n) is 7.58. The summed E-state index contributed by atoms with van der Waals surface area (Å²) in [6.07, 6.45) is 7.47. The smallest absolute Gasteiger partial charge is 0.175 e. The average molecular weight is 405 g/mol. The minimum absolute atomic E-state index is 0.334. The number of aryl methyl sites for hydroxylation is 1. The lowest BCUT2D eigenvalue weighted by molar-refractivity contribution is 0.601. The zero-order chi connectivity index (χ0) is 17.5. The molecule has 1 atom stereocenters. The molecule has 1 aliphatic heterocycles. The molecule has 0 saturated carbocycles. The van der Waals surface area contributed by atoms with E-state index in [1.807, 2.05) is 18.2 Å². The van der Waals surface area contributed by atoms with Crippen LogP contribution in [0.1, 0.15) is 12.5 Å². The van der Waals surface area contributed by atoms with Crippen LogP contribution in [-0.4, -0.2) is 14.7 Å². The summed E-state index contributed by atoms with van der Waals surface area (Å²) in [5.74, 6) is 0. The zero-order valence-electron chi connectivity index (χ0n) is 13.8. The van der Waals surface area contributed by atoms with Gasteiger partial charge in [0.2, 0.25) is 0 Å². The minimum atomic E-state index is -3.20. The van der Waals surface area contributed by atoms with Gasteiger partial charge < -0.3 is 0 Å². The molecule has 0 aliphatic carbocycles. The van der Waals surface area contributed by atoms with Crippen molar-refractivity contribution < 1.29 is 8.42 Å². The van der Waals surface area contributed by atoms with Crippen LogP contribution in [0.3, 0.4) is 0 Å². The number of hydrogen-bond acceptors (Lipinski definition) is 2. The molecule has 0 bridgehead atoms. The first-order valence-corrected chi connectivity index (χ1v) is 10.3. The summed E-state index contributed by atoms with van der Waals surface area (Å²) in [6.45, 7) is 4.15. The van der Waals surface area contributed by atoms with E-state index in [4.69, 9.17) is 0 Å². The maximum absolute atomic E-state index is 11.7. The van der Waals surface area contributed by atoms with Crippen LogP contribution >= 0.6 is 15.9 Å². The molecular weight excluding hydrogens is 386 g/mol. The summed E-state index contributed by atoms with van der Waals surface area (Å²) < 4.78 is 25.0. The summed E-state index contributed by atoms with van der Waals surface area (Å²) >= 11 is 3.55. The van der Waals surface area contributed by atoms with Crippen molar-refractivity contribution in [2.24, 2.45) is 0 Å². The van der Waals surface area contributed by atoms with Crippen molar-refractivity contribution in [3.05, 3.63) is 76.5 Å². The SMILES string of the molecule is CC1=CC=C[N+]1(c1ccc(S(C)(=O)=O)cc1)c1ccc(Br)c(C)c1. The third kappa shape index (κ3) is 2.77. The highest BCUT2D eigenvalue weighted by Gasteiger charge is 2.36. The fraction of sp³-hybridized carbons (Fsp3) is 0.158. The molecule has 3 rings (SSSR count). The van der Waals surface area contributed by atoms with Crippen LogP contribution < -0.4 is 4.48 Å². The molecule has 0 aromatic heterocycles. The third-order valence-corrected chi connectivity index (χ3v) is 6.44. The predicted molar refractivity (Wildman–Crippen MR) is 103 cm³/mol. The van der Waals surface area contributed by atoms with E-state index in [9.17, 15) is 8.42 Å². The number of halogens is 1. The summed E-state index contributed by atoms with van der Waals surface area (Å²) in [6, 6.07) is 13.4. The first kappa shape index (κ1) is 17.1. The van der Waals surface area contributed by atoms with Gasteiger partial charge in [-0.25, -0.2) is 12.9 Å². The van der Waals surface area contributed by atoms with Gasteiger partial charge in [0.25, 0.3) is 0 Å². The molecule has 124 valence electrons. The maximum Gasteiger partial charge on any atom is 0.175 e. The molecule has 1 heterocycles. The lowest BCUT2D eigenvalue weighted by Gasteiger charge is -2.32. The van der Waals surface area contributed by atoms with Gasteiger partial charge in [-0.1, -0.05) is 15.9 Å². The number of rotatable bonds is 3. The number of benzene rings is 2. The second-order valence-corrected chi connectivity index (χ2v) is 8.94. The highest BCUT2D eigenvalue weighted by atomic mass is 79.9. The van der Waals surface area contributed by atoms with E-state index in [1.54, 1.807) is 12.1 Å². The van der Waals surface area contributed by atoms with Crippen LogP contribution in [0, 0.1) is 6.92 Å². The van der Waals surface area contributed by atoms with Crippen molar-refractivity contribution in [2.75, 3.05) is 6.26 Å². The van der Waals surface area contributed by atoms with E-state index in [-0.39, 0.29) is 0 Å². The van der Waals surface area contributed by atoms with Crippen LogP contribution in [0.2, 0.25) is 0 Å². The van der Waals surface area contributed by atoms with Gasteiger partial charge in [-0.05, 0) is 36.8 Å². The number of quaternary nitrogens is 1. The molecule has 0 amide bonds. The van der Waals surface area contributed by atoms with E-state index in [2.05, 4.69) is 60.3 Å².